The van der Waals surface area contributed by atoms with Gasteiger partial charge in [0.1, 0.15) is 0 Å². The molecule has 1 fully saturated rings. The molecule has 0 radical (unpaired) electrons. The number of fused-ring (bicyclic) bond motifs is 1. The molecule has 0 amide bonds. The minimum atomic E-state index is 0.317. The Balaban J connectivity index is 1.98. The van der Waals surface area contributed by atoms with Gasteiger partial charge < -0.3 is 5.73 Å². The molecule has 1 heterocycles. The van der Waals surface area contributed by atoms with Crippen molar-refractivity contribution in [2.45, 2.75) is 37.6 Å². The molecule has 0 saturated heterocycles. The highest BCUT2D eigenvalue weighted by Gasteiger charge is 2.27. The van der Waals surface area contributed by atoms with Crippen molar-refractivity contribution in [3.05, 3.63) is 29.1 Å². The van der Waals surface area contributed by atoms with E-state index in [2.05, 4.69) is 17.1 Å². The van der Waals surface area contributed by atoms with Gasteiger partial charge in [-0.15, -0.1) is 0 Å². The first-order valence-electron chi connectivity index (χ1n) is 5.07. The molecule has 2 aliphatic rings. The Morgan fingerprint density at radius 2 is 2.08 bits per heavy atom. The summed E-state index contributed by atoms with van der Waals surface area (Å²) in [6, 6.07) is 4.73. The lowest BCUT2D eigenvalue weighted by Crippen LogP contribution is -2.19. The molecule has 1 aromatic heterocycles. The van der Waals surface area contributed by atoms with Crippen molar-refractivity contribution in [2.75, 3.05) is 0 Å². The maximum atomic E-state index is 5.89. The maximum absolute atomic E-state index is 5.89. The van der Waals surface area contributed by atoms with Gasteiger partial charge in [-0.1, -0.05) is 6.07 Å². The SMILES string of the molecule is NC1Cc2ccc(C3CC3)nc2C1. The third-order valence-corrected chi connectivity index (χ3v) is 3.02. The Hall–Kier alpha value is -0.890. The van der Waals surface area contributed by atoms with Gasteiger partial charge >= 0.3 is 0 Å². The molecule has 0 aromatic carbocycles. The normalized spacial score (nSPS) is 26.1. The van der Waals surface area contributed by atoms with E-state index in [0.717, 1.165) is 18.8 Å². The summed E-state index contributed by atoms with van der Waals surface area (Å²) in [6.07, 6.45) is 4.67. The van der Waals surface area contributed by atoms with Crippen LogP contribution >= 0.6 is 0 Å². The van der Waals surface area contributed by atoms with Gasteiger partial charge in [0.15, 0.2) is 0 Å². The fraction of sp³-hybridized carbons (Fsp3) is 0.545. The Bertz CT molecular complexity index is 342. The van der Waals surface area contributed by atoms with Gasteiger partial charge in [-0.25, -0.2) is 0 Å². The monoisotopic (exact) mass is 174 g/mol. The second kappa shape index (κ2) is 2.55. The minimum Gasteiger partial charge on any atom is -0.327 e. The van der Waals surface area contributed by atoms with Crippen LogP contribution in [-0.2, 0) is 12.8 Å². The Labute approximate surface area is 78.2 Å². The van der Waals surface area contributed by atoms with E-state index in [1.54, 1.807) is 0 Å². The zero-order valence-corrected chi connectivity index (χ0v) is 7.66. The van der Waals surface area contributed by atoms with Crippen LogP contribution in [0.25, 0.3) is 0 Å². The van der Waals surface area contributed by atoms with Crippen LogP contribution in [0.4, 0.5) is 0 Å². The maximum Gasteiger partial charge on any atom is 0.0455 e. The van der Waals surface area contributed by atoms with Crippen LogP contribution < -0.4 is 5.73 Å². The van der Waals surface area contributed by atoms with Gasteiger partial charge in [-0.05, 0) is 30.9 Å². The summed E-state index contributed by atoms with van der Waals surface area (Å²) in [7, 11) is 0. The van der Waals surface area contributed by atoms with Crippen molar-refractivity contribution in [2.24, 2.45) is 5.73 Å². The van der Waals surface area contributed by atoms with Gasteiger partial charge in [0.05, 0.1) is 0 Å². The van der Waals surface area contributed by atoms with E-state index in [1.807, 2.05) is 0 Å². The van der Waals surface area contributed by atoms with Crippen LogP contribution in [0.15, 0.2) is 12.1 Å². The third kappa shape index (κ3) is 1.25. The van der Waals surface area contributed by atoms with Gasteiger partial charge in [0, 0.05) is 29.8 Å². The predicted molar refractivity (Wildman–Crippen MR) is 51.6 cm³/mol. The van der Waals surface area contributed by atoms with Crippen LogP contribution in [-0.4, -0.2) is 11.0 Å². The Kier molecular flexibility index (Phi) is 1.47. The van der Waals surface area contributed by atoms with Gasteiger partial charge in [0.2, 0.25) is 0 Å². The van der Waals surface area contributed by atoms with Crippen molar-refractivity contribution in [3.8, 4) is 0 Å². The highest BCUT2D eigenvalue weighted by Crippen LogP contribution is 2.39. The average molecular weight is 174 g/mol. The first kappa shape index (κ1) is 7.51. The molecule has 0 bridgehead atoms. The summed E-state index contributed by atoms with van der Waals surface area (Å²) in [6.45, 7) is 0. The third-order valence-electron chi connectivity index (χ3n) is 3.02. The zero-order valence-electron chi connectivity index (χ0n) is 7.66. The largest absolute Gasteiger partial charge is 0.327 e. The van der Waals surface area contributed by atoms with E-state index in [9.17, 15) is 0 Å². The smallest absolute Gasteiger partial charge is 0.0455 e. The second-order valence-corrected chi connectivity index (χ2v) is 4.28. The van der Waals surface area contributed by atoms with Gasteiger partial charge in [0.25, 0.3) is 0 Å². The van der Waals surface area contributed by atoms with E-state index in [4.69, 9.17) is 5.73 Å². The fourth-order valence-corrected chi connectivity index (χ4v) is 2.12. The van der Waals surface area contributed by atoms with Crippen LogP contribution in [0.2, 0.25) is 0 Å². The second-order valence-electron chi connectivity index (χ2n) is 4.28. The molecule has 13 heavy (non-hydrogen) atoms. The summed E-state index contributed by atoms with van der Waals surface area (Å²) < 4.78 is 0. The lowest BCUT2D eigenvalue weighted by molar-refractivity contribution is 0.715. The summed E-state index contributed by atoms with van der Waals surface area (Å²) in [4.78, 5) is 4.69. The van der Waals surface area contributed by atoms with Crippen molar-refractivity contribution in [1.82, 2.24) is 4.98 Å². The van der Waals surface area contributed by atoms with Crippen molar-refractivity contribution >= 4 is 0 Å². The Morgan fingerprint density at radius 1 is 1.23 bits per heavy atom. The summed E-state index contributed by atoms with van der Waals surface area (Å²) in [5.74, 6) is 0.766. The van der Waals surface area contributed by atoms with Gasteiger partial charge in [-0.3, -0.25) is 4.98 Å². The first-order valence-corrected chi connectivity index (χ1v) is 5.07. The number of pyridine rings is 1. The van der Waals surface area contributed by atoms with Crippen molar-refractivity contribution < 1.29 is 0 Å². The molecule has 2 N–H and O–H groups in total. The van der Waals surface area contributed by atoms with Crippen molar-refractivity contribution in [1.29, 1.82) is 0 Å². The number of hydrogen-bond acceptors (Lipinski definition) is 2. The van der Waals surface area contributed by atoms with Crippen molar-refractivity contribution in [3.63, 3.8) is 0 Å². The fourth-order valence-electron chi connectivity index (χ4n) is 2.12. The lowest BCUT2D eigenvalue weighted by atomic mass is 10.1. The molecule has 0 spiro atoms. The molecular formula is C11H14N2. The summed E-state index contributed by atoms with van der Waals surface area (Å²) >= 11 is 0. The van der Waals surface area contributed by atoms with Crippen LogP contribution in [0, 0.1) is 0 Å². The number of rotatable bonds is 1. The molecule has 2 nitrogen and oxygen atoms in total. The lowest BCUT2D eigenvalue weighted by Gasteiger charge is -2.01. The molecule has 1 saturated carbocycles. The number of aromatic nitrogens is 1. The van der Waals surface area contributed by atoms with Crippen LogP contribution in [0.1, 0.15) is 35.7 Å². The number of nitrogens with zero attached hydrogens (tertiary/aromatic N) is 1. The van der Waals surface area contributed by atoms with E-state index >= 15 is 0 Å². The highest BCUT2D eigenvalue weighted by molar-refractivity contribution is 5.31. The van der Waals surface area contributed by atoms with E-state index in [0.29, 0.717) is 6.04 Å². The molecule has 2 aliphatic carbocycles. The number of nitrogens with two attached hydrogens (primary N) is 1. The standard InChI is InChI=1S/C11H14N2/c12-9-5-8-3-4-10(7-1-2-7)13-11(8)6-9/h3-4,7,9H,1-2,5-6,12H2. The minimum absolute atomic E-state index is 0.317. The highest BCUT2D eigenvalue weighted by atomic mass is 14.8. The quantitative estimate of drug-likeness (QED) is 0.698. The van der Waals surface area contributed by atoms with E-state index in [-0.39, 0.29) is 0 Å². The molecule has 68 valence electrons. The molecular weight excluding hydrogens is 160 g/mol. The first-order chi connectivity index (χ1) is 6.33. The average Bonchev–Trinajstić information content (AvgIpc) is 2.87. The molecule has 0 aliphatic heterocycles. The molecule has 1 atom stereocenters. The van der Waals surface area contributed by atoms with E-state index < -0.39 is 0 Å². The zero-order chi connectivity index (χ0) is 8.84. The topological polar surface area (TPSA) is 38.9 Å². The Morgan fingerprint density at radius 3 is 2.85 bits per heavy atom. The summed E-state index contributed by atoms with van der Waals surface area (Å²) in [5.41, 5.74) is 9.82. The van der Waals surface area contributed by atoms with E-state index in [1.165, 1.54) is 29.8 Å². The predicted octanol–water partition coefficient (Wildman–Crippen LogP) is 1.38. The molecule has 3 rings (SSSR count). The summed E-state index contributed by atoms with van der Waals surface area (Å²) in [5, 5.41) is 0. The number of hydrogen-bond donors (Lipinski definition) is 1. The van der Waals surface area contributed by atoms with Crippen LogP contribution in [0.5, 0.6) is 0 Å². The molecule has 1 aromatic rings. The molecule has 2 heteroatoms. The van der Waals surface area contributed by atoms with Crippen LogP contribution in [0.3, 0.4) is 0 Å². The van der Waals surface area contributed by atoms with Gasteiger partial charge in [-0.2, -0.15) is 0 Å². The molecule has 1 unspecified atom stereocenters.